The average Bonchev–Trinajstić information content (AvgIpc) is 2.56. The van der Waals surface area contributed by atoms with Crippen molar-refractivity contribution in [1.29, 1.82) is 0 Å². The second-order valence-electron chi connectivity index (χ2n) is 4.61. The van der Waals surface area contributed by atoms with Gasteiger partial charge in [-0.1, -0.05) is 17.9 Å². The fraction of sp³-hybridized carbons (Fsp3) is 0.0625. The molecule has 0 aliphatic heterocycles. The summed E-state index contributed by atoms with van der Waals surface area (Å²) in [6.45, 7) is 0. The first-order valence-corrected chi connectivity index (χ1v) is 7.19. The first-order valence-electron chi connectivity index (χ1n) is 6.78. The number of hydrazone groups is 1. The van der Waals surface area contributed by atoms with Crippen LogP contribution in [0, 0.1) is 0 Å². The summed E-state index contributed by atoms with van der Waals surface area (Å²) in [5.74, 6) is -0.687. The van der Waals surface area contributed by atoms with Crippen LogP contribution in [0.15, 0.2) is 47.6 Å². The van der Waals surface area contributed by atoms with E-state index in [1.54, 1.807) is 24.3 Å². The van der Waals surface area contributed by atoms with Crippen molar-refractivity contribution in [1.82, 2.24) is 5.43 Å². The molecule has 0 fully saturated rings. The van der Waals surface area contributed by atoms with Gasteiger partial charge in [0, 0.05) is 5.69 Å². The third-order valence-electron chi connectivity index (χ3n) is 2.95. The van der Waals surface area contributed by atoms with E-state index in [0.29, 0.717) is 17.0 Å². The summed E-state index contributed by atoms with van der Waals surface area (Å²) < 4.78 is 5.04. The Bertz CT molecular complexity index is 793. The number of carboxylic acids is 1. The van der Waals surface area contributed by atoms with Gasteiger partial charge < -0.3 is 20.3 Å². The van der Waals surface area contributed by atoms with Gasteiger partial charge in [-0.25, -0.2) is 4.79 Å². The summed E-state index contributed by atoms with van der Waals surface area (Å²) in [7, 11) is 1.50. The number of carboxylic acid groups (broad SMARTS) is 1. The fourth-order valence-corrected chi connectivity index (χ4v) is 1.97. The number of aromatic carboxylic acids is 1. The van der Waals surface area contributed by atoms with Crippen molar-refractivity contribution >= 4 is 35.2 Å². The monoisotopic (exact) mass is 344 g/mol. The smallest absolute Gasteiger partial charge is 0.335 e. The number of hydrogen-bond donors (Lipinski definition) is 3. The normalized spacial score (nSPS) is 10.4. The van der Waals surface area contributed by atoms with Gasteiger partial charge in [-0.3, -0.25) is 5.43 Å². The highest BCUT2D eigenvalue weighted by atomic mass is 32.1. The number of carbonyl (C=O) groups is 1. The molecule has 0 saturated heterocycles. The molecule has 2 rings (SSSR count). The summed E-state index contributed by atoms with van der Waals surface area (Å²) in [6, 6.07) is 10.7. The van der Waals surface area contributed by atoms with Crippen LogP contribution in [0.5, 0.6) is 11.5 Å². The molecule has 0 radical (unpaired) electrons. The minimum atomic E-state index is -1.03. The second-order valence-corrected chi connectivity index (χ2v) is 5.02. The summed E-state index contributed by atoms with van der Waals surface area (Å²) in [4.78, 5) is 10.9. The number of anilines is 1. The third kappa shape index (κ3) is 4.68. The number of benzene rings is 2. The lowest BCUT2D eigenvalue weighted by atomic mass is 10.2. The first kappa shape index (κ1) is 17.2. The van der Waals surface area contributed by atoms with Gasteiger partial charge in [0.1, 0.15) is 5.75 Å². The molecule has 8 heteroatoms. The van der Waals surface area contributed by atoms with E-state index in [1.165, 1.54) is 31.5 Å². The molecular weight excluding hydrogens is 330 g/mol. The van der Waals surface area contributed by atoms with Crippen LogP contribution in [-0.2, 0) is 0 Å². The lowest BCUT2D eigenvalue weighted by Gasteiger charge is -2.11. The third-order valence-corrected chi connectivity index (χ3v) is 3.15. The molecule has 0 saturated carbocycles. The predicted molar refractivity (Wildman–Crippen MR) is 92.8 cm³/mol. The van der Waals surface area contributed by atoms with Gasteiger partial charge in [-0.2, -0.15) is 5.10 Å². The molecule has 24 heavy (non-hydrogen) atoms. The minimum Gasteiger partial charge on any atom is -0.872 e. The highest BCUT2D eigenvalue weighted by molar-refractivity contribution is 7.80. The maximum absolute atomic E-state index is 11.7. The van der Waals surface area contributed by atoms with Crippen molar-refractivity contribution in [2.45, 2.75) is 0 Å². The molecule has 0 amide bonds. The van der Waals surface area contributed by atoms with Crippen LogP contribution in [0.25, 0.3) is 0 Å². The summed E-state index contributed by atoms with van der Waals surface area (Å²) >= 11 is 5.06. The maximum Gasteiger partial charge on any atom is 0.335 e. The van der Waals surface area contributed by atoms with Crippen molar-refractivity contribution in [3.63, 3.8) is 0 Å². The zero-order valence-electron chi connectivity index (χ0n) is 12.6. The molecule has 2 aromatic rings. The molecule has 2 aromatic carbocycles. The maximum atomic E-state index is 11.7. The molecule has 3 N–H and O–H groups in total. The van der Waals surface area contributed by atoms with Gasteiger partial charge >= 0.3 is 5.97 Å². The number of thiocarbonyl (C=S) groups is 1. The minimum absolute atomic E-state index is 0.138. The van der Waals surface area contributed by atoms with Crippen molar-refractivity contribution in [3.05, 3.63) is 53.6 Å². The number of hydrogen-bond acceptors (Lipinski definition) is 5. The molecule has 0 aliphatic carbocycles. The molecule has 0 heterocycles. The van der Waals surface area contributed by atoms with Crippen molar-refractivity contribution < 1.29 is 19.7 Å². The van der Waals surface area contributed by atoms with Gasteiger partial charge in [-0.15, -0.1) is 0 Å². The number of methoxy groups -OCH3 is 1. The Morgan fingerprint density at radius 2 is 2.12 bits per heavy atom. The average molecular weight is 344 g/mol. The Morgan fingerprint density at radius 1 is 1.33 bits per heavy atom. The van der Waals surface area contributed by atoms with E-state index in [0.717, 1.165) is 0 Å². The molecular formula is C16H14N3O4S-. The molecule has 7 nitrogen and oxygen atoms in total. The van der Waals surface area contributed by atoms with E-state index in [9.17, 15) is 9.90 Å². The van der Waals surface area contributed by atoms with Gasteiger partial charge in [0.05, 0.1) is 18.9 Å². The Kier molecular flexibility index (Phi) is 5.69. The molecule has 124 valence electrons. The molecule has 0 unspecified atom stereocenters. The zero-order chi connectivity index (χ0) is 17.5. The largest absolute Gasteiger partial charge is 0.872 e. The predicted octanol–water partition coefficient (Wildman–Crippen LogP) is 1.79. The van der Waals surface area contributed by atoms with Gasteiger partial charge in [-0.05, 0) is 48.1 Å². The number of nitrogens with zero attached hydrogens (tertiary/aromatic N) is 1. The van der Waals surface area contributed by atoms with Crippen LogP contribution in [-0.4, -0.2) is 29.5 Å². The number of rotatable bonds is 5. The second kappa shape index (κ2) is 7.93. The highest BCUT2D eigenvalue weighted by Crippen LogP contribution is 2.18. The Morgan fingerprint density at radius 3 is 2.83 bits per heavy atom. The standard InChI is InChI=1S/C16H15N3O4S/c1-23-13-5-6-14(20)11(8-13)9-17-19-16(24)18-12-4-2-3-10(7-12)15(21)22/h2-9,20H,1H3,(H,21,22)(H2,18,19,24)/p-1/b17-9+. The van der Waals surface area contributed by atoms with Crippen LogP contribution in [0.3, 0.4) is 0 Å². The van der Waals surface area contributed by atoms with E-state index < -0.39 is 5.97 Å². The van der Waals surface area contributed by atoms with Crippen LogP contribution < -0.4 is 20.6 Å². The van der Waals surface area contributed by atoms with E-state index in [1.807, 2.05) is 0 Å². The van der Waals surface area contributed by atoms with Crippen molar-refractivity contribution in [2.75, 3.05) is 12.4 Å². The molecule has 0 bridgehead atoms. The van der Waals surface area contributed by atoms with E-state index in [-0.39, 0.29) is 16.4 Å². The first-order chi connectivity index (χ1) is 11.5. The lowest BCUT2D eigenvalue weighted by molar-refractivity contribution is -0.268. The Balaban J connectivity index is 1.98. The van der Waals surface area contributed by atoms with Crippen LogP contribution in [0.4, 0.5) is 5.69 Å². The SMILES string of the molecule is COc1ccc([O-])c(/C=N/NC(=S)Nc2cccc(C(=O)O)c2)c1. The van der Waals surface area contributed by atoms with Crippen molar-refractivity contribution in [3.8, 4) is 11.5 Å². The Hall–Kier alpha value is -3.13. The summed E-state index contributed by atoms with van der Waals surface area (Å²) in [6.07, 6.45) is 1.33. The number of ether oxygens (including phenoxy) is 1. The fourth-order valence-electron chi connectivity index (χ4n) is 1.80. The topological polar surface area (TPSA) is 106 Å². The highest BCUT2D eigenvalue weighted by Gasteiger charge is 2.03. The van der Waals surface area contributed by atoms with E-state index >= 15 is 0 Å². The molecule has 0 aliphatic rings. The quantitative estimate of drug-likeness (QED) is 0.431. The van der Waals surface area contributed by atoms with Crippen LogP contribution >= 0.6 is 12.2 Å². The summed E-state index contributed by atoms with van der Waals surface area (Å²) in [5, 5.41) is 27.5. The van der Waals surface area contributed by atoms with Crippen molar-refractivity contribution in [2.24, 2.45) is 5.10 Å². The van der Waals surface area contributed by atoms with E-state index in [4.69, 9.17) is 22.1 Å². The van der Waals surface area contributed by atoms with Crippen LogP contribution in [0.2, 0.25) is 0 Å². The molecule has 0 aromatic heterocycles. The van der Waals surface area contributed by atoms with Gasteiger partial charge in [0.15, 0.2) is 5.11 Å². The lowest BCUT2D eigenvalue weighted by Crippen LogP contribution is -2.24. The van der Waals surface area contributed by atoms with Gasteiger partial charge in [0.2, 0.25) is 0 Å². The molecule has 0 spiro atoms. The number of nitrogens with one attached hydrogen (secondary N) is 2. The van der Waals surface area contributed by atoms with E-state index in [2.05, 4.69) is 15.8 Å². The zero-order valence-corrected chi connectivity index (χ0v) is 13.5. The Labute approximate surface area is 143 Å². The molecule has 0 atom stereocenters. The summed E-state index contributed by atoms with van der Waals surface area (Å²) in [5.41, 5.74) is 3.55. The van der Waals surface area contributed by atoms with Gasteiger partial charge in [0.25, 0.3) is 0 Å². The van der Waals surface area contributed by atoms with Crippen LogP contribution in [0.1, 0.15) is 15.9 Å².